The molecule has 3 N–H and O–H groups in total. The molecule has 2 aromatic rings. The predicted octanol–water partition coefficient (Wildman–Crippen LogP) is 0.839. The van der Waals surface area contributed by atoms with E-state index in [1.165, 1.54) is 24.3 Å². The Morgan fingerprint density at radius 2 is 1.53 bits per heavy atom. The average Bonchev–Trinajstić information content (AvgIpc) is 3.08. The minimum absolute atomic E-state index is 0.177. The Hall–Kier alpha value is -4.01. The molecule has 1 aliphatic heterocycles. The molecule has 1 aliphatic rings. The van der Waals surface area contributed by atoms with E-state index >= 15 is 0 Å². The van der Waals surface area contributed by atoms with E-state index in [1.807, 2.05) is 13.0 Å². The molecule has 3 rings (SSSR count). The van der Waals surface area contributed by atoms with Gasteiger partial charge in [0.25, 0.3) is 17.7 Å². The summed E-state index contributed by atoms with van der Waals surface area (Å²) in [6, 6.07) is 12.8. The van der Waals surface area contributed by atoms with Crippen molar-refractivity contribution in [2.24, 2.45) is 0 Å². The highest BCUT2D eigenvalue weighted by Gasteiger charge is 2.30. The first-order chi connectivity index (χ1) is 14.3. The van der Waals surface area contributed by atoms with Crippen LogP contribution in [0.15, 0.2) is 48.5 Å². The van der Waals surface area contributed by atoms with Crippen molar-refractivity contribution in [3.05, 3.63) is 65.2 Å². The number of carbonyl (C=O) groups excluding carboxylic acids is 5. The first-order valence-electron chi connectivity index (χ1n) is 9.25. The first-order valence-corrected chi connectivity index (χ1v) is 9.25. The minimum Gasteiger partial charge on any atom is -0.343 e. The number of hydrogen-bond donors (Lipinski definition) is 3. The maximum atomic E-state index is 12.2. The van der Waals surface area contributed by atoms with E-state index in [-0.39, 0.29) is 36.8 Å². The molecule has 154 valence electrons. The van der Waals surface area contributed by atoms with Crippen LogP contribution in [0.25, 0.3) is 0 Å². The summed E-state index contributed by atoms with van der Waals surface area (Å²) in [7, 11) is 0. The van der Waals surface area contributed by atoms with Gasteiger partial charge in [0.2, 0.25) is 11.8 Å². The third-order valence-corrected chi connectivity index (χ3v) is 4.44. The highest BCUT2D eigenvalue weighted by molar-refractivity contribution is 6.19. The summed E-state index contributed by atoms with van der Waals surface area (Å²) in [5, 5.41) is 2.43. The Morgan fingerprint density at radius 3 is 2.17 bits per heavy atom. The van der Waals surface area contributed by atoms with E-state index in [0.717, 1.165) is 10.5 Å². The molecule has 1 heterocycles. The van der Waals surface area contributed by atoms with E-state index in [9.17, 15) is 24.0 Å². The van der Waals surface area contributed by atoms with Gasteiger partial charge in [0, 0.05) is 24.0 Å². The molecule has 9 heteroatoms. The number of imide groups is 1. The standard InChI is InChI=1S/C21H20N4O5/c1-13-3-2-4-15(11-13)21(30)24-23-17(26)12-22-20(29)14-5-7-16(8-6-14)25-18(27)9-10-19(25)28/h2-8,11H,9-10,12H2,1H3,(H,22,29)(H,23,26)(H,24,30). The molecule has 0 radical (unpaired) electrons. The van der Waals surface area contributed by atoms with Crippen molar-refractivity contribution in [1.82, 2.24) is 16.2 Å². The van der Waals surface area contributed by atoms with Gasteiger partial charge in [-0.1, -0.05) is 17.7 Å². The zero-order chi connectivity index (χ0) is 21.7. The van der Waals surface area contributed by atoms with Crippen LogP contribution in [0, 0.1) is 6.92 Å². The van der Waals surface area contributed by atoms with E-state index < -0.39 is 17.7 Å². The van der Waals surface area contributed by atoms with Gasteiger partial charge in [-0.05, 0) is 43.3 Å². The van der Waals surface area contributed by atoms with Gasteiger partial charge in [-0.3, -0.25) is 39.7 Å². The van der Waals surface area contributed by atoms with Crippen molar-refractivity contribution in [3.63, 3.8) is 0 Å². The van der Waals surface area contributed by atoms with E-state index in [1.54, 1.807) is 18.2 Å². The molecule has 1 saturated heterocycles. The first kappa shape index (κ1) is 20.7. The van der Waals surface area contributed by atoms with Crippen LogP contribution in [-0.4, -0.2) is 36.1 Å². The Kier molecular flexibility index (Phi) is 6.21. The fourth-order valence-electron chi connectivity index (χ4n) is 2.92. The van der Waals surface area contributed by atoms with Gasteiger partial charge in [-0.25, -0.2) is 0 Å². The van der Waals surface area contributed by atoms with Gasteiger partial charge in [0.15, 0.2) is 0 Å². The van der Waals surface area contributed by atoms with Crippen LogP contribution in [0.5, 0.6) is 0 Å². The summed E-state index contributed by atoms with van der Waals surface area (Å²) in [4.78, 5) is 60.6. The molecule has 5 amide bonds. The lowest BCUT2D eigenvalue weighted by molar-refractivity contribution is -0.122. The van der Waals surface area contributed by atoms with Gasteiger partial charge in [0.1, 0.15) is 0 Å². The number of amides is 5. The molecule has 0 spiro atoms. The number of hydrogen-bond acceptors (Lipinski definition) is 5. The number of anilines is 1. The van der Waals surface area contributed by atoms with E-state index in [0.29, 0.717) is 11.3 Å². The third kappa shape index (κ3) is 4.88. The van der Waals surface area contributed by atoms with Crippen molar-refractivity contribution in [2.75, 3.05) is 11.4 Å². The number of benzene rings is 2. The van der Waals surface area contributed by atoms with Crippen molar-refractivity contribution in [3.8, 4) is 0 Å². The number of aryl methyl sites for hydroxylation is 1. The zero-order valence-corrected chi connectivity index (χ0v) is 16.2. The second-order valence-electron chi connectivity index (χ2n) is 6.72. The van der Waals surface area contributed by atoms with Crippen molar-refractivity contribution >= 4 is 35.2 Å². The van der Waals surface area contributed by atoms with Gasteiger partial charge in [-0.15, -0.1) is 0 Å². The Labute approximate surface area is 172 Å². The van der Waals surface area contributed by atoms with Crippen LogP contribution in [-0.2, 0) is 14.4 Å². The lowest BCUT2D eigenvalue weighted by atomic mass is 10.1. The summed E-state index contributed by atoms with van der Waals surface area (Å²) in [5.74, 6) is -2.14. The van der Waals surface area contributed by atoms with Crippen LogP contribution in [0.2, 0.25) is 0 Å². The molecule has 0 bridgehead atoms. The summed E-state index contributed by atoms with van der Waals surface area (Å²) >= 11 is 0. The molecule has 1 fully saturated rings. The maximum absolute atomic E-state index is 12.2. The van der Waals surface area contributed by atoms with Gasteiger partial charge >= 0.3 is 0 Å². The summed E-state index contributed by atoms with van der Waals surface area (Å²) in [6.07, 6.45) is 0.354. The lowest BCUT2D eigenvalue weighted by Gasteiger charge is -2.14. The van der Waals surface area contributed by atoms with E-state index in [4.69, 9.17) is 0 Å². The number of nitrogens with zero attached hydrogens (tertiary/aromatic N) is 1. The maximum Gasteiger partial charge on any atom is 0.269 e. The summed E-state index contributed by atoms with van der Waals surface area (Å²) < 4.78 is 0. The van der Waals surface area contributed by atoms with Crippen molar-refractivity contribution in [2.45, 2.75) is 19.8 Å². The zero-order valence-electron chi connectivity index (χ0n) is 16.2. The highest BCUT2D eigenvalue weighted by atomic mass is 16.2. The lowest BCUT2D eigenvalue weighted by Crippen LogP contribution is -2.46. The van der Waals surface area contributed by atoms with Crippen LogP contribution < -0.4 is 21.1 Å². The Morgan fingerprint density at radius 1 is 0.867 bits per heavy atom. The summed E-state index contributed by atoms with van der Waals surface area (Å²) in [5.41, 5.74) is 6.47. The van der Waals surface area contributed by atoms with Gasteiger partial charge in [-0.2, -0.15) is 0 Å². The van der Waals surface area contributed by atoms with Crippen LogP contribution in [0.3, 0.4) is 0 Å². The molecule has 0 atom stereocenters. The van der Waals surface area contributed by atoms with Crippen molar-refractivity contribution in [1.29, 1.82) is 0 Å². The normalized spacial score (nSPS) is 13.2. The van der Waals surface area contributed by atoms with Crippen molar-refractivity contribution < 1.29 is 24.0 Å². The molecule has 30 heavy (non-hydrogen) atoms. The SMILES string of the molecule is Cc1cccc(C(=O)NNC(=O)CNC(=O)c2ccc(N3C(=O)CCC3=O)cc2)c1. The topological polar surface area (TPSA) is 125 Å². The molecule has 0 aliphatic carbocycles. The second kappa shape index (κ2) is 8.99. The number of carbonyl (C=O) groups is 5. The molecule has 0 saturated carbocycles. The molecule has 0 aromatic heterocycles. The molecule has 9 nitrogen and oxygen atoms in total. The predicted molar refractivity (Wildman–Crippen MR) is 107 cm³/mol. The van der Waals surface area contributed by atoms with Crippen LogP contribution in [0.4, 0.5) is 5.69 Å². The number of nitrogens with one attached hydrogen (secondary N) is 3. The van der Waals surface area contributed by atoms with Gasteiger partial charge < -0.3 is 5.32 Å². The van der Waals surface area contributed by atoms with Crippen LogP contribution >= 0.6 is 0 Å². The fourth-order valence-corrected chi connectivity index (χ4v) is 2.92. The number of rotatable bonds is 5. The average molecular weight is 408 g/mol. The van der Waals surface area contributed by atoms with E-state index in [2.05, 4.69) is 16.2 Å². The van der Waals surface area contributed by atoms with Crippen LogP contribution in [0.1, 0.15) is 39.1 Å². The second-order valence-corrected chi connectivity index (χ2v) is 6.72. The smallest absolute Gasteiger partial charge is 0.269 e. The Bertz CT molecular complexity index is 1000. The van der Waals surface area contributed by atoms with Gasteiger partial charge in [0.05, 0.1) is 12.2 Å². The minimum atomic E-state index is -0.603. The number of hydrazine groups is 1. The monoisotopic (exact) mass is 408 g/mol. The Balaban J connectivity index is 1.48. The summed E-state index contributed by atoms with van der Waals surface area (Å²) in [6.45, 7) is 1.50. The molecular formula is C21H20N4O5. The molecule has 0 unspecified atom stereocenters. The third-order valence-electron chi connectivity index (χ3n) is 4.44. The quantitative estimate of drug-likeness (QED) is 0.500. The fraction of sp³-hybridized carbons (Fsp3) is 0.190. The largest absolute Gasteiger partial charge is 0.343 e. The molecule has 2 aromatic carbocycles. The molecular weight excluding hydrogens is 388 g/mol. The highest BCUT2D eigenvalue weighted by Crippen LogP contribution is 2.22.